The van der Waals surface area contributed by atoms with Crippen LogP contribution >= 0.6 is 0 Å². The maximum atomic E-state index is 12.7. The van der Waals surface area contributed by atoms with Crippen LogP contribution in [0.3, 0.4) is 0 Å². The summed E-state index contributed by atoms with van der Waals surface area (Å²) in [5, 5.41) is 4.83. The summed E-state index contributed by atoms with van der Waals surface area (Å²) in [6.45, 7) is 5.99. The van der Waals surface area contributed by atoms with E-state index in [1.165, 1.54) is 0 Å². The first-order chi connectivity index (χ1) is 14.1. The third-order valence-electron chi connectivity index (χ3n) is 5.04. The van der Waals surface area contributed by atoms with Crippen LogP contribution in [0.4, 0.5) is 0 Å². The van der Waals surface area contributed by atoms with Gasteiger partial charge in [0.1, 0.15) is 5.69 Å². The molecule has 0 atom stereocenters. The van der Waals surface area contributed by atoms with E-state index in [0.29, 0.717) is 43.8 Å². The number of imidazole rings is 1. The van der Waals surface area contributed by atoms with Crippen molar-refractivity contribution in [3.63, 3.8) is 0 Å². The summed E-state index contributed by atoms with van der Waals surface area (Å²) in [6.07, 6.45) is 0. The van der Waals surface area contributed by atoms with E-state index in [4.69, 9.17) is 9.26 Å². The Hall–Kier alpha value is -3.46. The number of rotatable bonds is 3. The topological polar surface area (TPSA) is 113 Å². The number of nitrogens with zero attached hydrogens (tertiary/aromatic N) is 4. The molecule has 0 radical (unpaired) electrons. The van der Waals surface area contributed by atoms with E-state index >= 15 is 0 Å². The number of hydrogen-bond donors (Lipinski definition) is 2. The van der Waals surface area contributed by atoms with Gasteiger partial charge in [-0.15, -0.1) is 0 Å². The molecule has 2 N–H and O–H groups in total. The molecule has 1 saturated heterocycles. The molecule has 1 aromatic carbocycles. The Labute approximate surface area is 166 Å². The number of fused-ring (bicyclic) bond motifs is 1. The van der Waals surface area contributed by atoms with Crippen LogP contribution in [0, 0.1) is 13.8 Å². The number of aryl methyl sites for hydroxylation is 2. The van der Waals surface area contributed by atoms with Crippen LogP contribution in [0.15, 0.2) is 28.8 Å². The first-order valence-corrected chi connectivity index (χ1v) is 9.46. The van der Waals surface area contributed by atoms with Crippen LogP contribution in [0.1, 0.15) is 22.1 Å². The second kappa shape index (κ2) is 6.85. The van der Waals surface area contributed by atoms with Crippen molar-refractivity contribution < 1.29 is 14.1 Å². The molecule has 148 valence electrons. The minimum Gasteiger partial charge on any atom is -0.378 e. The fourth-order valence-electron chi connectivity index (χ4n) is 3.56. The van der Waals surface area contributed by atoms with E-state index in [1.807, 2.05) is 31.2 Å². The van der Waals surface area contributed by atoms with Crippen molar-refractivity contribution in [3.8, 4) is 22.8 Å². The maximum Gasteiger partial charge on any atom is 0.289 e. The van der Waals surface area contributed by atoms with Crippen molar-refractivity contribution in [2.45, 2.75) is 13.8 Å². The Morgan fingerprint density at radius 1 is 1.10 bits per heavy atom. The van der Waals surface area contributed by atoms with Gasteiger partial charge in [-0.3, -0.25) is 4.79 Å². The van der Waals surface area contributed by atoms with Gasteiger partial charge in [0, 0.05) is 35.2 Å². The number of aromatic amines is 2. The highest BCUT2D eigenvalue weighted by atomic mass is 16.5. The van der Waals surface area contributed by atoms with Crippen LogP contribution in [-0.2, 0) is 4.74 Å². The lowest BCUT2D eigenvalue weighted by Gasteiger charge is -2.25. The van der Waals surface area contributed by atoms with Gasteiger partial charge in [-0.2, -0.15) is 4.98 Å². The Balaban J connectivity index is 1.47. The van der Waals surface area contributed by atoms with Crippen LogP contribution < -0.4 is 0 Å². The van der Waals surface area contributed by atoms with Crippen LogP contribution in [-0.4, -0.2) is 62.2 Å². The average Bonchev–Trinajstić information content (AvgIpc) is 3.45. The van der Waals surface area contributed by atoms with Crippen molar-refractivity contribution in [2.24, 2.45) is 0 Å². The standard InChI is InChI=1S/C20H20N6O3/c1-11-17(24-18(21-11)20(27)26-5-7-28-8-6-26)13-3-4-15-14(9-13)10-16(23-15)19-22-12(2)25-29-19/h3-4,9-10,23H,5-8H2,1-2H3,(H,21,24). The predicted molar refractivity (Wildman–Crippen MR) is 105 cm³/mol. The first kappa shape index (κ1) is 17.6. The van der Waals surface area contributed by atoms with Crippen LogP contribution in [0.25, 0.3) is 33.7 Å². The summed E-state index contributed by atoms with van der Waals surface area (Å²) >= 11 is 0. The third kappa shape index (κ3) is 3.19. The smallest absolute Gasteiger partial charge is 0.289 e. The van der Waals surface area contributed by atoms with E-state index in [2.05, 4.69) is 25.1 Å². The van der Waals surface area contributed by atoms with Gasteiger partial charge in [-0.05, 0) is 32.0 Å². The number of H-pyrrole nitrogens is 2. The van der Waals surface area contributed by atoms with E-state index in [1.54, 1.807) is 11.8 Å². The largest absolute Gasteiger partial charge is 0.378 e. The van der Waals surface area contributed by atoms with E-state index in [0.717, 1.165) is 33.5 Å². The number of benzene rings is 1. The third-order valence-corrected chi connectivity index (χ3v) is 5.04. The van der Waals surface area contributed by atoms with Gasteiger partial charge in [-0.25, -0.2) is 4.98 Å². The minimum absolute atomic E-state index is 0.0978. The van der Waals surface area contributed by atoms with Crippen molar-refractivity contribution in [2.75, 3.05) is 26.3 Å². The van der Waals surface area contributed by atoms with Crippen molar-refractivity contribution in [1.29, 1.82) is 0 Å². The summed E-state index contributed by atoms with van der Waals surface area (Å²) in [7, 11) is 0. The average molecular weight is 392 g/mol. The monoisotopic (exact) mass is 392 g/mol. The zero-order chi connectivity index (χ0) is 20.0. The number of aromatic nitrogens is 5. The van der Waals surface area contributed by atoms with Gasteiger partial charge in [0.2, 0.25) is 0 Å². The molecule has 0 unspecified atom stereocenters. The lowest BCUT2D eigenvalue weighted by Crippen LogP contribution is -2.41. The molecule has 0 bridgehead atoms. The van der Waals surface area contributed by atoms with Gasteiger partial charge in [0.05, 0.1) is 18.9 Å². The maximum absolute atomic E-state index is 12.7. The highest BCUT2D eigenvalue weighted by Crippen LogP contribution is 2.29. The highest BCUT2D eigenvalue weighted by Gasteiger charge is 2.23. The Morgan fingerprint density at radius 3 is 2.69 bits per heavy atom. The second-order valence-corrected chi connectivity index (χ2v) is 7.10. The zero-order valence-electron chi connectivity index (χ0n) is 16.2. The SMILES string of the molecule is Cc1noc(-c2cc3cc(-c4nc(C(=O)N5CCOCC5)[nH]c4C)ccc3[nH]2)n1. The molecule has 0 saturated carbocycles. The summed E-state index contributed by atoms with van der Waals surface area (Å²) < 4.78 is 10.6. The molecular weight excluding hydrogens is 372 g/mol. The second-order valence-electron chi connectivity index (χ2n) is 7.10. The number of carbonyl (C=O) groups excluding carboxylic acids is 1. The van der Waals surface area contributed by atoms with Crippen molar-refractivity contribution in [3.05, 3.63) is 41.6 Å². The van der Waals surface area contributed by atoms with Gasteiger partial charge in [-0.1, -0.05) is 11.2 Å². The molecule has 1 aliphatic heterocycles. The Bertz CT molecular complexity index is 1200. The molecule has 3 aromatic heterocycles. The highest BCUT2D eigenvalue weighted by molar-refractivity contribution is 5.93. The van der Waals surface area contributed by atoms with Crippen LogP contribution in [0.2, 0.25) is 0 Å². The van der Waals surface area contributed by atoms with Crippen molar-refractivity contribution >= 4 is 16.8 Å². The zero-order valence-corrected chi connectivity index (χ0v) is 16.2. The molecule has 9 heteroatoms. The van der Waals surface area contributed by atoms with Gasteiger partial charge in [0.15, 0.2) is 11.6 Å². The molecule has 1 aliphatic rings. The van der Waals surface area contributed by atoms with Gasteiger partial charge >= 0.3 is 0 Å². The lowest BCUT2D eigenvalue weighted by atomic mass is 10.1. The van der Waals surface area contributed by atoms with E-state index in [9.17, 15) is 4.79 Å². The normalized spacial score (nSPS) is 14.6. The first-order valence-electron chi connectivity index (χ1n) is 9.46. The summed E-state index contributed by atoms with van der Waals surface area (Å²) in [4.78, 5) is 29.8. The van der Waals surface area contributed by atoms with E-state index in [-0.39, 0.29) is 5.91 Å². The Kier molecular flexibility index (Phi) is 4.17. The fraction of sp³-hybridized carbons (Fsp3) is 0.300. The number of morpholine rings is 1. The summed E-state index contributed by atoms with van der Waals surface area (Å²) in [5.41, 5.74) is 4.26. The minimum atomic E-state index is -0.0978. The molecule has 1 fully saturated rings. The molecule has 4 heterocycles. The predicted octanol–water partition coefficient (Wildman–Crippen LogP) is 2.70. The van der Waals surface area contributed by atoms with E-state index < -0.39 is 0 Å². The molecule has 0 aliphatic carbocycles. The number of nitrogens with one attached hydrogen (secondary N) is 2. The number of carbonyl (C=O) groups is 1. The molecular formula is C20H20N6O3. The summed E-state index contributed by atoms with van der Waals surface area (Å²) in [5.74, 6) is 1.30. The summed E-state index contributed by atoms with van der Waals surface area (Å²) in [6, 6.07) is 7.96. The molecule has 4 aromatic rings. The van der Waals surface area contributed by atoms with Crippen LogP contribution in [0.5, 0.6) is 0 Å². The Morgan fingerprint density at radius 2 is 1.93 bits per heavy atom. The quantitative estimate of drug-likeness (QED) is 0.554. The van der Waals surface area contributed by atoms with Gasteiger partial charge in [0.25, 0.3) is 11.8 Å². The molecule has 29 heavy (non-hydrogen) atoms. The molecule has 5 rings (SSSR count). The molecule has 1 amide bonds. The molecule has 0 spiro atoms. The fourth-order valence-corrected chi connectivity index (χ4v) is 3.56. The van der Waals surface area contributed by atoms with Gasteiger partial charge < -0.3 is 24.1 Å². The molecule has 9 nitrogen and oxygen atoms in total. The number of hydrogen-bond acceptors (Lipinski definition) is 6. The number of amides is 1. The lowest BCUT2D eigenvalue weighted by molar-refractivity contribution is 0.0295. The van der Waals surface area contributed by atoms with Crippen molar-refractivity contribution in [1.82, 2.24) is 30.0 Å². The number of ether oxygens (including phenoxy) is 1.